The number of hydrogen-bond acceptors (Lipinski definition) is 7. The highest BCUT2D eigenvalue weighted by molar-refractivity contribution is 7.20. The number of hydrogen-bond donors (Lipinski definition) is 1. The minimum atomic E-state index is -4.49. The van der Waals surface area contributed by atoms with Crippen LogP contribution < -0.4 is 16.7 Å². The predicted molar refractivity (Wildman–Crippen MR) is 117 cm³/mol. The summed E-state index contributed by atoms with van der Waals surface area (Å²) in [6.45, 7) is 6.88. The average molecular weight is 491 g/mol. The molecule has 0 aromatic carbocycles. The van der Waals surface area contributed by atoms with Gasteiger partial charge in [0.05, 0.1) is 41.6 Å². The van der Waals surface area contributed by atoms with Crippen molar-refractivity contribution in [3.8, 4) is 0 Å². The third-order valence-electron chi connectivity index (χ3n) is 5.04. The molecule has 0 radical (unpaired) electrons. The van der Waals surface area contributed by atoms with Crippen molar-refractivity contribution in [2.45, 2.75) is 58.5 Å². The lowest BCUT2D eigenvalue weighted by Crippen LogP contribution is -2.40. The predicted octanol–water partition coefficient (Wildman–Crippen LogP) is 3.16. The van der Waals surface area contributed by atoms with E-state index in [-0.39, 0.29) is 25.0 Å². The number of methoxy groups -OCH3 is 1. The number of ether oxygens (including phenoxy) is 2. The molecule has 3 rings (SSSR count). The molecule has 0 spiro atoms. The summed E-state index contributed by atoms with van der Waals surface area (Å²) in [5.41, 5.74) is 0.365. The second-order valence-corrected chi connectivity index (χ2v) is 9.73. The molecule has 1 N–H and O–H groups in total. The standard InChI is InChI=1S/C20H25F3N4O5S/c1-10-13(9-24-25-17(29)32-19(2,3)4)33-16-14(10)15(28)27(12-8-11(12)20(21,22)23)18(30)26(16)6-7-31-5/h9,11-12H,6-8H2,1-5H3,(H,25,29)/b24-9+. The molecule has 1 aliphatic rings. The first-order valence-corrected chi connectivity index (χ1v) is 10.9. The summed E-state index contributed by atoms with van der Waals surface area (Å²) in [6.07, 6.45) is -4.28. The van der Waals surface area contributed by atoms with Crippen LogP contribution in [0.25, 0.3) is 10.2 Å². The number of fused-ring (bicyclic) bond motifs is 1. The van der Waals surface area contributed by atoms with Gasteiger partial charge in [0, 0.05) is 7.11 Å². The number of carbonyl (C=O) groups excluding carboxylic acids is 1. The SMILES string of the molecule is COCCn1c(=O)n(C2CC2C(F)(F)F)c(=O)c2c(C)c(/C=N/NC(=O)OC(C)(C)C)sc21. The molecule has 182 valence electrons. The summed E-state index contributed by atoms with van der Waals surface area (Å²) in [5.74, 6) is -1.73. The highest BCUT2D eigenvalue weighted by Gasteiger charge is 2.57. The van der Waals surface area contributed by atoms with Gasteiger partial charge in [0.1, 0.15) is 10.4 Å². The van der Waals surface area contributed by atoms with Crippen molar-refractivity contribution in [1.82, 2.24) is 14.6 Å². The monoisotopic (exact) mass is 490 g/mol. The van der Waals surface area contributed by atoms with Crippen LogP contribution in [0.5, 0.6) is 0 Å². The van der Waals surface area contributed by atoms with Crippen LogP contribution >= 0.6 is 11.3 Å². The minimum absolute atomic E-state index is 0.0578. The fourth-order valence-electron chi connectivity index (χ4n) is 3.44. The Morgan fingerprint density at radius 2 is 1.97 bits per heavy atom. The number of nitrogens with zero attached hydrogens (tertiary/aromatic N) is 3. The Hall–Kier alpha value is -2.67. The molecule has 0 aliphatic heterocycles. The molecule has 13 heteroatoms. The van der Waals surface area contributed by atoms with Crippen LogP contribution in [0.3, 0.4) is 0 Å². The smallest absolute Gasteiger partial charge is 0.428 e. The molecule has 9 nitrogen and oxygen atoms in total. The largest absolute Gasteiger partial charge is 0.443 e. The first-order chi connectivity index (χ1) is 15.3. The van der Waals surface area contributed by atoms with Gasteiger partial charge in [0.25, 0.3) is 5.56 Å². The zero-order valence-electron chi connectivity index (χ0n) is 18.8. The average Bonchev–Trinajstić information content (AvgIpc) is 3.39. The van der Waals surface area contributed by atoms with E-state index in [1.165, 1.54) is 17.9 Å². The lowest BCUT2D eigenvalue weighted by atomic mass is 10.2. The molecule has 2 atom stereocenters. The normalized spacial score (nSPS) is 18.8. The number of nitrogens with one attached hydrogen (secondary N) is 1. The van der Waals surface area contributed by atoms with Gasteiger partial charge in [-0.05, 0) is 39.7 Å². The van der Waals surface area contributed by atoms with Gasteiger partial charge in [0.15, 0.2) is 0 Å². The van der Waals surface area contributed by atoms with Crippen molar-refractivity contribution in [2.75, 3.05) is 13.7 Å². The molecule has 2 aromatic rings. The van der Waals surface area contributed by atoms with Crippen molar-refractivity contribution in [2.24, 2.45) is 11.0 Å². The zero-order chi connectivity index (χ0) is 24.7. The Labute approximate surface area is 190 Å². The third kappa shape index (κ3) is 5.29. The van der Waals surface area contributed by atoms with E-state index >= 15 is 0 Å². The van der Waals surface area contributed by atoms with Gasteiger partial charge in [-0.15, -0.1) is 11.3 Å². The van der Waals surface area contributed by atoms with E-state index in [0.29, 0.717) is 19.8 Å². The maximum Gasteiger partial charge on any atom is 0.428 e. The zero-order valence-corrected chi connectivity index (χ0v) is 19.6. The second-order valence-electron chi connectivity index (χ2n) is 8.70. The van der Waals surface area contributed by atoms with Crippen LogP contribution in [0.15, 0.2) is 14.7 Å². The Morgan fingerprint density at radius 3 is 2.52 bits per heavy atom. The van der Waals surface area contributed by atoms with Crippen molar-refractivity contribution in [1.29, 1.82) is 0 Å². The number of amides is 1. The summed E-state index contributed by atoms with van der Waals surface area (Å²) in [5, 5.41) is 3.97. The van der Waals surface area contributed by atoms with E-state index < -0.39 is 41.1 Å². The Morgan fingerprint density at radius 1 is 1.30 bits per heavy atom. The first kappa shape index (κ1) is 25.0. The second kappa shape index (κ2) is 8.93. The van der Waals surface area contributed by atoms with E-state index in [1.54, 1.807) is 27.7 Å². The number of aryl methyl sites for hydroxylation is 1. The third-order valence-corrected chi connectivity index (χ3v) is 6.29. The van der Waals surface area contributed by atoms with E-state index in [4.69, 9.17) is 9.47 Å². The maximum atomic E-state index is 13.1. The van der Waals surface area contributed by atoms with Crippen LogP contribution in [-0.2, 0) is 16.0 Å². The van der Waals surface area contributed by atoms with Gasteiger partial charge in [-0.25, -0.2) is 15.0 Å². The summed E-state index contributed by atoms with van der Waals surface area (Å²) >= 11 is 1.07. The summed E-state index contributed by atoms with van der Waals surface area (Å²) in [4.78, 5) is 38.7. The van der Waals surface area contributed by atoms with Gasteiger partial charge >= 0.3 is 18.0 Å². The number of aromatic nitrogens is 2. The fourth-order valence-corrected chi connectivity index (χ4v) is 4.63. The first-order valence-electron chi connectivity index (χ1n) is 10.1. The van der Waals surface area contributed by atoms with Gasteiger partial charge in [-0.3, -0.25) is 13.9 Å². The van der Waals surface area contributed by atoms with E-state index in [0.717, 1.165) is 11.3 Å². The van der Waals surface area contributed by atoms with Gasteiger partial charge in [-0.2, -0.15) is 18.3 Å². The summed E-state index contributed by atoms with van der Waals surface area (Å²) in [7, 11) is 1.43. The van der Waals surface area contributed by atoms with Crippen molar-refractivity contribution < 1.29 is 27.4 Å². The van der Waals surface area contributed by atoms with Crippen molar-refractivity contribution in [3.05, 3.63) is 31.3 Å². The summed E-state index contributed by atoms with van der Waals surface area (Å²) < 4.78 is 51.5. The number of alkyl halides is 3. The van der Waals surface area contributed by atoms with E-state index in [9.17, 15) is 27.6 Å². The Bertz CT molecular complexity index is 1210. The number of carbonyl (C=O) groups is 1. The molecular formula is C20H25F3N4O5S. The molecule has 2 heterocycles. The van der Waals surface area contributed by atoms with Gasteiger partial charge in [-0.1, -0.05) is 0 Å². The van der Waals surface area contributed by atoms with Crippen molar-refractivity contribution >= 4 is 33.9 Å². The molecule has 1 saturated carbocycles. The molecule has 33 heavy (non-hydrogen) atoms. The lowest BCUT2D eigenvalue weighted by molar-refractivity contribution is -0.150. The number of rotatable bonds is 6. The highest BCUT2D eigenvalue weighted by atomic mass is 32.1. The molecule has 2 unspecified atom stereocenters. The maximum absolute atomic E-state index is 13.1. The van der Waals surface area contributed by atoms with Crippen LogP contribution in [-0.4, -0.2) is 46.9 Å². The van der Waals surface area contributed by atoms with Crippen LogP contribution in [0.1, 0.15) is 43.7 Å². The molecule has 0 bridgehead atoms. The quantitative estimate of drug-likeness (QED) is 0.495. The van der Waals surface area contributed by atoms with Crippen LogP contribution in [0.2, 0.25) is 0 Å². The topological polar surface area (TPSA) is 104 Å². The number of halogens is 3. The minimum Gasteiger partial charge on any atom is -0.443 e. The molecule has 1 aliphatic carbocycles. The Kier molecular flexibility index (Phi) is 6.76. The summed E-state index contributed by atoms with van der Waals surface area (Å²) in [6, 6.07) is -1.23. The molecule has 2 aromatic heterocycles. The van der Waals surface area contributed by atoms with Crippen LogP contribution in [0, 0.1) is 12.8 Å². The molecule has 1 fully saturated rings. The van der Waals surface area contributed by atoms with Gasteiger partial charge < -0.3 is 9.47 Å². The highest BCUT2D eigenvalue weighted by Crippen LogP contribution is 2.52. The van der Waals surface area contributed by atoms with Gasteiger partial charge in [0.2, 0.25) is 0 Å². The fraction of sp³-hybridized carbons (Fsp3) is 0.600. The van der Waals surface area contributed by atoms with Crippen LogP contribution in [0.4, 0.5) is 18.0 Å². The number of hydrazone groups is 1. The van der Waals surface area contributed by atoms with E-state index in [2.05, 4.69) is 10.5 Å². The van der Waals surface area contributed by atoms with Crippen molar-refractivity contribution in [3.63, 3.8) is 0 Å². The molecular weight excluding hydrogens is 465 g/mol. The van der Waals surface area contributed by atoms with E-state index in [1.807, 2.05) is 0 Å². The lowest BCUT2D eigenvalue weighted by Gasteiger charge is -2.18. The molecule has 1 amide bonds. The number of thiophene rings is 1. The molecule has 0 saturated heterocycles. The Balaban J connectivity index is 2.05.